The molecule has 2 aromatic rings. The maximum atomic E-state index is 12.9. The van der Waals surface area contributed by atoms with Gasteiger partial charge >= 0.3 is 0 Å². The van der Waals surface area contributed by atoms with Crippen LogP contribution in [-0.4, -0.2) is 17.5 Å². The summed E-state index contributed by atoms with van der Waals surface area (Å²) in [5.74, 6) is -1.07. The fourth-order valence-electron chi connectivity index (χ4n) is 2.01. The predicted octanol–water partition coefficient (Wildman–Crippen LogP) is 4.37. The van der Waals surface area contributed by atoms with Gasteiger partial charge in [-0.2, -0.15) is 5.26 Å². The van der Waals surface area contributed by atoms with Gasteiger partial charge in [0.1, 0.15) is 17.5 Å². The maximum Gasteiger partial charge on any atom is 0.203 e. The monoisotopic (exact) mass is 345 g/mol. The van der Waals surface area contributed by atoms with Gasteiger partial charge in [-0.15, -0.1) is 0 Å². The average Bonchev–Trinajstić information content (AvgIpc) is 2.57. The lowest BCUT2D eigenvalue weighted by Gasteiger charge is -2.08. The summed E-state index contributed by atoms with van der Waals surface area (Å²) in [7, 11) is 0. The van der Waals surface area contributed by atoms with Gasteiger partial charge in [0.05, 0.1) is 11.6 Å². The lowest BCUT2D eigenvalue weighted by atomic mass is 10.0. The Morgan fingerprint density at radius 3 is 2.62 bits per heavy atom. The number of ketones is 1. The largest absolute Gasteiger partial charge is 0.503 e. The van der Waals surface area contributed by atoms with Crippen LogP contribution in [0.3, 0.4) is 0 Å². The lowest BCUT2D eigenvalue weighted by molar-refractivity contribution is 0.104. The Morgan fingerprint density at radius 1 is 1.38 bits per heavy atom. The van der Waals surface area contributed by atoms with E-state index in [0.717, 1.165) is 12.1 Å². The van der Waals surface area contributed by atoms with E-state index < -0.39 is 11.6 Å². The molecule has 2 rings (SSSR count). The smallest absolute Gasteiger partial charge is 0.203 e. The summed E-state index contributed by atoms with van der Waals surface area (Å²) >= 11 is 5.93. The number of carbonyl (C=O) groups is 1. The second-order valence-corrected chi connectivity index (χ2v) is 5.20. The van der Waals surface area contributed by atoms with Crippen molar-refractivity contribution in [2.24, 2.45) is 0 Å². The van der Waals surface area contributed by atoms with Gasteiger partial charge in [-0.3, -0.25) is 4.79 Å². The van der Waals surface area contributed by atoms with Crippen LogP contribution >= 0.6 is 11.6 Å². The standard InChI is InChI=1S/C18H13ClFNO3/c1-2-24-16-9-11(8-15(19)18(16)23)7-13(10-21)17(22)12-3-5-14(20)6-4-12/h3-9,23H,2H2,1H3/b13-7+. The molecular weight excluding hydrogens is 333 g/mol. The van der Waals surface area contributed by atoms with E-state index in [1.807, 2.05) is 6.07 Å². The molecule has 0 radical (unpaired) electrons. The molecule has 0 fully saturated rings. The average molecular weight is 346 g/mol. The maximum absolute atomic E-state index is 12.9. The van der Waals surface area contributed by atoms with Crippen molar-refractivity contribution >= 4 is 23.5 Å². The number of benzene rings is 2. The Kier molecular flexibility index (Phi) is 5.56. The number of halogens is 2. The van der Waals surface area contributed by atoms with Crippen molar-refractivity contribution in [3.05, 3.63) is 63.9 Å². The lowest BCUT2D eigenvalue weighted by Crippen LogP contribution is -2.02. The minimum Gasteiger partial charge on any atom is -0.503 e. The zero-order valence-corrected chi connectivity index (χ0v) is 13.5. The number of carbonyl (C=O) groups excluding carboxylic acids is 1. The van der Waals surface area contributed by atoms with Crippen LogP contribution in [0, 0.1) is 17.1 Å². The van der Waals surface area contributed by atoms with Crippen molar-refractivity contribution < 1.29 is 19.0 Å². The van der Waals surface area contributed by atoms with E-state index >= 15 is 0 Å². The van der Waals surface area contributed by atoms with Gasteiger partial charge in [0, 0.05) is 5.56 Å². The highest BCUT2D eigenvalue weighted by molar-refractivity contribution is 6.32. The number of phenolic OH excluding ortho intramolecular Hbond substituents is 1. The highest BCUT2D eigenvalue weighted by Gasteiger charge is 2.14. The van der Waals surface area contributed by atoms with Gasteiger partial charge in [-0.25, -0.2) is 4.39 Å². The second-order valence-electron chi connectivity index (χ2n) is 4.79. The third-order valence-electron chi connectivity index (χ3n) is 3.13. The van der Waals surface area contributed by atoms with Crippen LogP contribution < -0.4 is 4.74 Å². The Hall–Kier alpha value is -2.84. The van der Waals surface area contributed by atoms with Crippen LogP contribution in [0.2, 0.25) is 5.02 Å². The van der Waals surface area contributed by atoms with Crippen LogP contribution in [-0.2, 0) is 0 Å². The zero-order valence-electron chi connectivity index (χ0n) is 12.7. The van der Waals surface area contributed by atoms with Gasteiger partial charge in [-0.05, 0) is 55.0 Å². The molecule has 0 amide bonds. The molecule has 122 valence electrons. The third-order valence-corrected chi connectivity index (χ3v) is 3.42. The predicted molar refractivity (Wildman–Crippen MR) is 88.6 cm³/mol. The van der Waals surface area contributed by atoms with Gasteiger partial charge in [0.15, 0.2) is 11.5 Å². The second kappa shape index (κ2) is 7.62. The number of Topliss-reactive ketones (excluding diaryl/α,β-unsaturated/α-hetero) is 1. The van der Waals surface area contributed by atoms with E-state index in [1.165, 1.54) is 30.3 Å². The Labute approximate surface area is 143 Å². The third kappa shape index (κ3) is 3.92. The van der Waals surface area contributed by atoms with Gasteiger partial charge in [-0.1, -0.05) is 11.6 Å². The van der Waals surface area contributed by atoms with Crippen molar-refractivity contribution in [2.75, 3.05) is 6.61 Å². The van der Waals surface area contributed by atoms with Crippen molar-refractivity contribution in [3.8, 4) is 17.6 Å². The minimum absolute atomic E-state index is 0.0405. The highest BCUT2D eigenvalue weighted by atomic mass is 35.5. The molecule has 0 aliphatic carbocycles. The summed E-state index contributed by atoms with van der Waals surface area (Å²) in [5.41, 5.74) is 0.471. The molecule has 0 aliphatic heterocycles. The number of allylic oxidation sites excluding steroid dienone is 1. The molecule has 0 spiro atoms. The van der Waals surface area contributed by atoms with E-state index in [1.54, 1.807) is 6.92 Å². The number of ether oxygens (including phenoxy) is 1. The van der Waals surface area contributed by atoms with Crippen LogP contribution in [0.1, 0.15) is 22.8 Å². The Balaban J connectivity index is 2.42. The van der Waals surface area contributed by atoms with E-state index in [0.29, 0.717) is 12.2 Å². The molecule has 1 N–H and O–H groups in total. The Bertz CT molecular complexity index is 839. The number of nitrogens with zero attached hydrogens (tertiary/aromatic N) is 1. The van der Waals surface area contributed by atoms with Crippen molar-refractivity contribution in [2.45, 2.75) is 6.92 Å². The summed E-state index contributed by atoms with van der Waals surface area (Å²) in [4.78, 5) is 12.3. The van der Waals surface area contributed by atoms with E-state index in [2.05, 4.69) is 0 Å². The topological polar surface area (TPSA) is 70.3 Å². The first kappa shape index (κ1) is 17.5. The van der Waals surface area contributed by atoms with Gasteiger partial charge in [0.2, 0.25) is 5.78 Å². The summed E-state index contributed by atoms with van der Waals surface area (Å²) in [6.07, 6.45) is 1.33. The summed E-state index contributed by atoms with van der Waals surface area (Å²) in [6, 6.07) is 9.60. The molecule has 0 saturated carbocycles. The molecule has 0 bridgehead atoms. The molecule has 0 unspecified atom stereocenters. The van der Waals surface area contributed by atoms with Gasteiger partial charge < -0.3 is 9.84 Å². The molecule has 0 aliphatic rings. The molecule has 0 heterocycles. The first-order valence-electron chi connectivity index (χ1n) is 7.03. The number of rotatable bonds is 5. The molecule has 0 atom stereocenters. The minimum atomic E-state index is -0.542. The van der Waals surface area contributed by atoms with Crippen LogP contribution in [0.25, 0.3) is 6.08 Å². The van der Waals surface area contributed by atoms with Crippen molar-refractivity contribution in [1.29, 1.82) is 5.26 Å². The quantitative estimate of drug-likeness (QED) is 0.496. The van der Waals surface area contributed by atoms with Crippen LogP contribution in [0.4, 0.5) is 4.39 Å². The van der Waals surface area contributed by atoms with Gasteiger partial charge in [0.25, 0.3) is 0 Å². The molecule has 24 heavy (non-hydrogen) atoms. The first-order valence-corrected chi connectivity index (χ1v) is 7.41. The molecular formula is C18H13ClFNO3. The van der Waals surface area contributed by atoms with E-state index in [4.69, 9.17) is 16.3 Å². The number of nitriles is 1. The summed E-state index contributed by atoms with van der Waals surface area (Å²) < 4.78 is 18.2. The fraction of sp³-hybridized carbons (Fsp3) is 0.111. The molecule has 2 aromatic carbocycles. The van der Waals surface area contributed by atoms with Crippen molar-refractivity contribution in [3.63, 3.8) is 0 Å². The van der Waals surface area contributed by atoms with Crippen molar-refractivity contribution in [1.82, 2.24) is 0 Å². The fourth-order valence-corrected chi connectivity index (χ4v) is 2.23. The number of aromatic hydroxyl groups is 1. The Morgan fingerprint density at radius 2 is 2.04 bits per heavy atom. The SMILES string of the molecule is CCOc1cc(/C=C(\C#N)C(=O)c2ccc(F)cc2)cc(Cl)c1O. The molecule has 6 heteroatoms. The van der Waals surface area contributed by atoms with E-state index in [9.17, 15) is 19.6 Å². The molecule has 0 saturated heterocycles. The zero-order chi connectivity index (χ0) is 17.7. The number of hydrogen-bond acceptors (Lipinski definition) is 4. The van der Waals surface area contributed by atoms with E-state index in [-0.39, 0.29) is 27.7 Å². The first-order chi connectivity index (χ1) is 11.5. The van der Waals surface area contributed by atoms with Crippen LogP contribution in [0.5, 0.6) is 11.5 Å². The van der Waals surface area contributed by atoms with Crippen LogP contribution in [0.15, 0.2) is 42.0 Å². The summed E-state index contributed by atoms with van der Waals surface area (Å²) in [5, 5.41) is 19.1. The summed E-state index contributed by atoms with van der Waals surface area (Å²) in [6.45, 7) is 2.06. The highest BCUT2D eigenvalue weighted by Crippen LogP contribution is 2.36. The molecule has 4 nitrogen and oxygen atoms in total. The normalized spacial score (nSPS) is 11.0. The molecule has 0 aromatic heterocycles. The number of phenols is 1. The number of hydrogen-bond donors (Lipinski definition) is 1.